The van der Waals surface area contributed by atoms with Crippen molar-refractivity contribution in [1.29, 1.82) is 0 Å². The van der Waals surface area contributed by atoms with Crippen molar-refractivity contribution in [2.75, 3.05) is 0 Å². The largest absolute Gasteiger partial charge is 0.288 e. The summed E-state index contributed by atoms with van der Waals surface area (Å²) in [4.78, 5) is 15.8. The molecule has 0 atom stereocenters. The highest BCUT2D eigenvalue weighted by molar-refractivity contribution is 6.30. The lowest BCUT2D eigenvalue weighted by atomic mass is 9.99. The Balaban J connectivity index is 2.17. The molecular weight excluding hydrogens is 300 g/mol. The van der Waals surface area contributed by atoms with Crippen LogP contribution in [-0.2, 0) is 0 Å². The van der Waals surface area contributed by atoms with Gasteiger partial charge in [0, 0.05) is 16.6 Å². The molecule has 3 rings (SSSR count). The maximum Gasteiger partial charge on any atom is 0.276 e. The second kappa shape index (κ2) is 5.75. The van der Waals surface area contributed by atoms with Crippen LogP contribution in [-0.4, -0.2) is 16.1 Å². The highest BCUT2D eigenvalue weighted by atomic mass is 35.5. The van der Waals surface area contributed by atoms with E-state index >= 15 is 0 Å². The lowest BCUT2D eigenvalue weighted by molar-refractivity contribution is 0.0706. The summed E-state index contributed by atoms with van der Waals surface area (Å²) in [5.41, 5.74) is 5.82. The van der Waals surface area contributed by atoms with Gasteiger partial charge in [-0.15, -0.1) is 0 Å². The van der Waals surface area contributed by atoms with Gasteiger partial charge in [-0.05, 0) is 53.9 Å². The molecule has 2 aromatic carbocycles. The summed E-state index contributed by atoms with van der Waals surface area (Å²) in [6.07, 6.45) is 1.45. The highest BCUT2D eigenvalue weighted by Gasteiger charge is 2.09. The fourth-order valence-electron chi connectivity index (χ4n) is 2.43. The van der Waals surface area contributed by atoms with Crippen molar-refractivity contribution >= 4 is 28.4 Å². The second-order valence-electron chi connectivity index (χ2n) is 5.04. The van der Waals surface area contributed by atoms with E-state index in [-0.39, 0.29) is 0 Å². The van der Waals surface area contributed by atoms with Crippen LogP contribution >= 0.6 is 11.6 Å². The monoisotopic (exact) mass is 312 g/mol. The third kappa shape index (κ3) is 2.66. The molecule has 0 bridgehead atoms. The summed E-state index contributed by atoms with van der Waals surface area (Å²) in [5, 5.41) is 10.3. The molecular formula is C17H13ClN2O2. The third-order valence-electron chi connectivity index (χ3n) is 3.51. The van der Waals surface area contributed by atoms with Crippen LogP contribution < -0.4 is 5.48 Å². The van der Waals surface area contributed by atoms with Gasteiger partial charge < -0.3 is 0 Å². The number of pyridine rings is 1. The number of carbonyl (C=O) groups excluding carboxylic acids is 1. The number of benzene rings is 2. The predicted molar refractivity (Wildman–Crippen MR) is 86.2 cm³/mol. The van der Waals surface area contributed by atoms with Crippen LogP contribution in [0.15, 0.2) is 48.7 Å². The van der Waals surface area contributed by atoms with Gasteiger partial charge in [0.05, 0.1) is 11.1 Å². The molecule has 0 aliphatic carbocycles. The van der Waals surface area contributed by atoms with Gasteiger partial charge in [0.15, 0.2) is 0 Å². The number of hydrogen-bond donors (Lipinski definition) is 2. The average Bonchev–Trinajstić information content (AvgIpc) is 2.54. The van der Waals surface area contributed by atoms with E-state index in [1.807, 2.05) is 43.3 Å². The molecule has 110 valence electrons. The number of nitrogens with zero attached hydrogens (tertiary/aromatic N) is 1. The predicted octanol–water partition coefficient (Wildman–Crippen LogP) is 3.98. The molecule has 2 N–H and O–H groups in total. The first-order valence-electron chi connectivity index (χ1n) is 6.69. The van der Waals surface area contributed by atoms with E-state index in [1.165, 1.54) is 6.20 Å². The molecule has 5 heteroatoms. The van der Waals surface area contributed by atoms with Gasteiger partial charge in [-0.1, -0.05) is 23.7 Å². The number of rotatable bonds is 2. The van der Waals surface area contributed by atoms with Crippen molar-refractivity contribution in [1.82, 2.24) is 10.5 Å². The Morgan fingerprint density at radius 2 is 1.86 bits per heavy atom. The number of halogens is 1. The minimum atomic E-state index is -0.580. The second-order valence-corrected chi connectivity index (χ2v) is 5.47. The maximum atomic E-state index is 11.5. The van der Waals surface area contributed by atoms with Crippen LogP contribution in [0.1, 0.15) is 15.9 Å². The lowest BCUT2D eigenvalue weighted by Gasteiger charge is -2.08. The maximum absolute atomic E-state index is 11.5. The zero-order chi connectivity index (χ0) is 15.7. The first kappa shape index (κ1) is 14.5. The van der Waals surface area contributed by atoms with Gasteiger partial charge in [-0.3, -0.25) is 15.0 Å². The molecule has 0 saturated carbocycles. The Morgan fingerprint density at radius 1 is 1.14 bits per heavy atom. The van der Waals surface area contributed by atoms with E-state index < -0.39 is 5.91 Å². The van der Waals surface area contributed by atoms with Crippen molar-refractivity contribution in [3.8, 4) is 11.1 Å². The number of nitrogens with one attached hydrogen (secondary N) is 1. The van der Waals surface area contributed by atoms with E-state index in [0.717, 1.165) is 27.6 Å². The quantitative estimate of drug-likeness (QED) is 0.555. The van der Waals surface area contributed by atoms with Crippen LogP contribution in [0.3, 0.4) is 0 Å². The first-order valence-corrected chi connectivity index (χ1v) is 7.07. The fourth-order valence-corrected chi connectivity index (χ4v) is 2.56. The van der Waals surface area contributed by atoms with E-state index in [1.54, 1.807) is 11.5 Å². The molecule has 0 saturated heterocycles. The molecule has 0 fully saturated rings. The molecule has 0 unspecified atom stereocenters. The Hall–Kier alpha value is -2.43. The SMILES string of the molecule is Cc1cc(-c2ccc(Cl)cc2)cc2cc(C(=O)NO)cnc12. The molecule has 3 aromatic rings. The third-order valence-corrected chi connectivity index (χ3v) is 3.77. The first-order chi connectivity index (χ1) is 10.6. The zero-order valence-electron chi connectivity index (χ0n) is 11.8. The molecule has 1 amide bonds. The van der Waals surface area contributed by atoms with E-state index in [4.69, 9.17) is 16.8 Å². The van der Waals surface area contributed by atoms with Crippen LogP contribution in [0, 0.1) is 6.92 Å². The number of amides is 1. The van der Waals surface area contributed by atoms with E-state index in [9.17, 15) is 4.79 Å². The molecule has 22 heavy (non-hydrogen) atoms. The van der Waals surface area contributed by atoms with Gasteiger partial charge >= 0.3 is 0 Å². The van der Waals surface area contributed by atoms with Gasteiger partial charge in [-0.25, -0.2) is 5.48 Å². The van der Waals surface area contributed by atoms with Crippen molar-refractivity contribution in [3.05, 3.63) is 64.8 Å². The summed E-state index contributed by atoms with van der Waals surface area (Å²) in [6.45, 7) is 1.97. The average molecular weight is 313 g/mol. The van der Waals surface area contributed by atoms with Crippen molar-refractivity contribution in [2.45, 2.75) is 6.92 Å². The number of carbonyl (C=O) groups is 1. The lowest BCUT2D eigenvalue weighted by Crippen LogP contribution is -2.18. The molecule has 1 aromatic heterocycles. The van der Waals surface area contributed by atoms with Crippen molar-refractivity contribution in [3.63, 3.8) is 0 Å². The smallest absolute Gasteiger partial charge is 0.276 e. The van der Waals surface area contributed by atoms with Crippen molar-refractivity contribution in [2.24, 2.45) is 0 Å². The minimum Gasteiger partial charge on any atom is -0.288 e. The minimum absolute atomic E-state index is 0.308. The molecule has 0 spiro atoms. The standard InChI is InChI=1S/C17H13ClN2O2/c1-10-6-12(11-2-4-15(18)5-3-11)7-13-8-14(17(21)20-22)9-19-16(10)13/h2-9,22H,1H3,(H,20,21). The summed E-state index contributed by atoms with van der Waals surface area (Å²) in [5.74, 6) is -0.580. The van der Waals surface area contributed by atoms with Gasteiger partial charge in [-0.2, -0.15) is 0 Å². The van der Waals surface area contributed by atoms with Gasteiger partial charge in [0.1, 0.15) is 0 Å². The van der Waals surface area contributed by atoms with Crippen LogP contribution in [0.25, 0.3) is 22.0 Å². The van der Waals surface area contributed by atoms with E-state index in [2.05, 4.69) is 4.98 Å². The Kier molecular flexibility index (Phi) is 3.79. The number of aryl methyl sites for hydroxylation is 1. The number of hydrogen-bond acceptors (Lipinski definition) is 3. The number of hydroxylamine groups is 1. The zero-order valence-corrected chi connectivity index (χ0v) is 12.6. The summed E-state index contributed by atoms with van der Waals surface area (Å²) < 4.78 is 0. The normalized spacial score (nSPS) is 10.7. The Bertz CT molecular complexity index is 860. The molecule has 1 heterocycles. The number of aromatic nitrogens is 1. The van der Waals surface area contributed by atoms with Crippen LogP contribution in [0.4, 0.5) is 0 Å². The topological polar surface area (TPSA) is 62.2 Å². The van der Waals surface area contributed by atoms with Crippen LogP contribution in [0.5, 0.6) is 0 Å². The van der Waals surface area contributed by atoms with Gasteiger partial charge in [0.25, 0.3) is 5.91 Å². The highest BCUT2D eigenvalue weighted by Crippen LogP contribution is 2.27. The molecule has 0 radical (unpaired) electrons. The summed E-state index contributed by atoms with van der Waals surface area (Å²) in [6, 6.07) is 13.3. The molecule has 0 aliphatic rings. The fraction of sp³-hybridized carbons (Fsp3) is 0.0588. The van der Waals surface area contributed by atoms with E-state index in [0.29, 0.717) is 10.6 Å². The summed E-state index contributed by atoms with van der Waals surface area (Å²) in [7, 11) is 0. The van der Waals surface area contributed by atoms with Gasteiger partial charge in [0.2, 0.25) is 0 Å². The molecule has 4 nitrogen and oxygen atoms in total. The van der Waals surface area contributed by atoms with Crippen molar-refractivity contribution < 1.29 is 10.0 Å². The Labute approximate surface area is 132 Å². The van der Waals surface area contributed by atoms with Crippen LogP contribution in [0.2, 0.25) is 5.02 Å². The Morgan fingerprint density at radius 3 is 2.55 bits per heavy atom. The number of fused-ring (bicyclic) bond motifs is 1. The molecule has 0 aliphatic heterocycles. The summed E-state index contributed by atoms with van der Waals surface area (Å²) >= 11 is 5.92.